The van der Waals surface area contributed by atoms with E-state index in [1.807, 2.05) is 42.7 Å². The van der Waals surface area contributed by atoms with Gasteiger partial charge in [0.05, 0.1) is 0 Å². The van der Waals surface area contributed by atoms with Crippen LogP contribution in [0.5, 0.6) is 5.75 Å². The Morgan fingerprint density at radius 2 is 1.93 bits per heavy atom. The maximum Gasteiger partial charge on any atom is 0.415 e. The van der Waals surface area contributed by atoms with Gasteiger partial charge in [0.1, 0.15) is 5.75 Å². The van der Waals surface area contributed by atoms with E-state index in [4.69, 9.17) is 4.74 Å². The van der Waals surface area contributed by atoms with E-state index in [1.165, 1.54) is 11.1 Å². The van der Waals surface area contributed by atoms with E-state index < -0.39 is 0 Å². The number of aromatic nitrogens is 3. The first kappa shape index (κ1) is 20.5. The number of thioether (sulfide) groups is 1. The number of hydrogen-bond acceptors (Lipinski definition) is 5. The third-order valence-corrected chi connectivity index (χ3v) is 6.47. The molecule has 156 valence electrons. The molecule has 0 saturated carbocycles. The molecule has 1 N–H and O–H groups in total. The Morgan fingerprint density at radius 3 is 2.63 bits per heavy atom. The predicted molar refractivity (Wildman–Crippen MR) is 118 cm³/mol. The van der Waals surface area contributed by atoms with Gasteiger partial charge in [-0.1, -0.05) is 23.9 Å². The minimum atomic E-state index is -0.270. The van der Waals surface area contributed by atoms with E-state index in [-0.39, 0.29) is 6.09 Å². The van der Waals surface area contributed by atoms with Crippen molar-refractivity contribution in [2.24, 2.45) is 0 Å². The molecule has 3 heterocycles. The van der Waals surface area contributed by atoms with E-state index >= 15 is 0 Å². The number of piperidine rings is 1. The van der Waals surface area contributed by atoms with Crippen molar-refractivity contribution in [3.8, 4) is 5.75 Å². The molecule has 0 aliphatic carbocycles. The summed E-state index contributed by atoms with van der Waals surface area (Å²) in [5, 5.41) is 1.41. The number of H-pyrrole nitrogens is 1. The van der Waals surface area contributed by atoms with Crippen LogP contribution in [0.25, 0.3) is 0 Å². The maximum atomic E-state index is 12.5. The molecule has 1 aliphatic heterocycles. The first-order chi connectivity index (χ1) is 14.7. The minimum absolute atomic E-state index is 0.270. The number of benzene rings is 1. The molecule has 2 aromatic heterocycles. The normalized spacial score (nSPS) is 14.6. The highest BCUT2D eigenvalue weighted by Gasteiger charge is 2.25. The average molecular weight is 423 g/mol. The maximum absolute atomic E-state index is 12.5. The quantitative estimate of drug-likeness (QED) is 0.626. The SMILES string of the molecule is Cc1ccnc(CCc2ccc(OC(=O)N3CCC(Sc4ncc[nH]4)CC3)cc2)c1. The Morgan fingerprint density at radius 1 is 1.13 bits per heavy atom. The average Bonchev–Trinajstić information content (AvgIpc) is 3.27. The zero-order valence-electron chi connectivity index (χ0n) is 17.1. The van der Waals surface area contributed by atoms with E-state index in [9.17, 15) is 4.79 Å². The molecule has 30 heavy (non-hydrogen) atoms. The molecule has 1 fully saturated rings. The number of carbonyl (C=O) groups is 1. The second kappa shape index (κ2) is 9.80. The smallest absolute Gasteiger partial charge is 0.410 e. The topological polar surface area (TPSA) is 71.1 Å². The predicted octanol–water partition coefficient (Wildman–Crippen LogP) is 4.65. The molecular formula is C23H26N4O2S. The van der Waals surface area contributed by atoms with Crippen LogP contribution in [0, 0.1) is 6.92 Å². The van der Waals surface area contributed by atoms with Gasteiger partial charge in [0.15, 0.2) is 5.16 Å². The number of rotatable bonds is 6. The summed E-state index contributed by atoms with van der Waals surface area (Å²) in [6.45, 7) is 3.49. The van der Waals surface area contributed by atoms with Crippen molar-refractivity contribution >= 4 is 17.9 Å². The molecule has 0 spiro atoms. The summed E-state index contributed by atoms with van der Waals surface area (Å²) in [6.07, 6.45) is 8.86. The van der Waals surface area contributed by atoms with E-state index in [2.05, 4.69) is 27.9 Å². The number of aromatic amines is 1. The number of nitrogens with zero attached hydrogens (tertiary/aromatic N) is 3. The van der Waals surface area contributed by atoms with Crippen LogP contribution in [0.3, 0.4) is 0 Å². The first-order valence-corrected chi connectivity index (χ1v) is 11.2. The Hall–Kier alpha value is -2.80. The van der Waals surface area contributed by atoms with Crippen LogP contribution in [-0.2, 0) is 12.8 Å². The van der Waals surface area contributed by atoms with Gasteiger partial charge in [-0.05, 0) is 68.0 Å². The number of amides is 1. The van der Waals surface area contributed by atoms with Crippen molar-refractivity contribution in [2.75, 3.05) is 13.1 Å². The second-order valence-corrected chi connectivity index (χ2v) is 8.82. The van der Waals surface area contributed by atoms with Crippen LogP contribution < -0.4 is 4.74 Å². The minimum Gasteiger partial charge on any atom is -0.410 e. The summed E-state index contributed by atoms with van der Waals surface area (Å²) >= 11 is 1.74. The van der Waals surface area contributed by atoms with Crippen molar-refractivity contribution in [3.05, 3.63) is 71.8 Å². The standard InChI is InChI=1S/C23H26N4O2S/c1-17-8-11-24-19(16-17)5-2-18-3-6-20(7-4-18)29-23(28)27-14-9-21(10-15-27)30-22-25-12-13-26-22/h3-4,6-8,11-13,16,21H,2,5,9-10,14-15H2,1H3,(H,25,26). The summed E-state index contributed by atoms with van der Waals surface area (Å²) in [4.78, 5) is 26.1. The van der Waals surface area contributed by atoms with Crippen LogP contribution in [0.1, 0.15) is 29.7 Å². The highest BCUT2D eigenvalue weighted by Crippen LogP contribution is 2.28. The van der Waals surface area contributed by atoms with Crippen LogP contribution in [0.15, 0.2) is 60.1 Å². The monoisotopic (exact) mass is 422 g/mol. The van der Waals surface area contributed by atoms with Gasteiger partial charge in [-0.2, -0.15) is 0 Å². The van der Waals surface area contributed by atoms with Crippen molar-refractivity contribution in [1.82, 2.24) is 19.9 Å². The third-order valence-electron chi connectivity index (χ3n) is 5.22. The number of ether oxygens (including phenoxy) is 1. The lowest BCUT2D eigenvalue weighted by atomic mass is 10.1. The molecular weight excluding hydrogens is 396 g/mol. The molecule has 0 bridgehead atoms. The van der Waals surface area contributed by atoms with Gasteiger partial charge in [0, 0.05) is 42.6 Å². The molecule has 0 atom stereocenters. The van der Waals surface area contributed by atoms with Gasteiger partial charge in [0.2, 0.25) is 0 Å². The van der Waals surface area contributed by atoms with Crippen molar-refractivity contribution in [2.45, 2.75) is 43.0 Å². The zero-order valence-corrected chi connectivity index (χ0v) is 17.9. The lowest BCUT2D eigenvalue weighted by molar-refractivity contribution is 0.143. The summed E-state index contributed by atoms with van der Waals surface area (Å²) in [5.74, 6) is 0.588. The van der Waals surface area contributed by atoms with Gasteiger partial charge in [-0.25, -0.2) is 9.78 Å². The van der Waals surface area contributed by atoms with Gasteiger partial charge in [-0.3, -0.25) is 4.98 Å². The lowest BCUT2D eigenvalue weighted by Crippen LogP contribution is -2.40. The molecule has 6 nitrogen and oxygen atoms in total. The Balaban J connectivity index is 1.23. The largest absolute Gasteiger partial charge is 0.415 e. The van der Waals surface area contributed by atoms with E-state index in [0.717, 1.165) is 36.5 Å². The van der Waals surface area contributed by atoms with Crippen LogP contribution in [-0.4, -0.2) is 44.3 Å². The molecule has 1 saturated heterocycles. The molecule has 3 aromatic rings. The summed E-state index contributed by atoms with van der Waals surface area (Å²) in [7, 11) is 0. The Kier molecular flexibility index (Phi) is 6.69. The van der Waals surface area contributed by atoms with E-state index in [1.54, 1.807) is 22.9 Å². The molecule has 4 rings (SSSR count). The second-order valence-electron chi connectivity index (χ2n) is 7.54. The summed E-state index contributed by atoms with van der Waals surface area (Å²) in [6, 6.07) is 11.9. The van der Waals surface area contributed by atoms with Crippen molar-refractivity contribution in [3.63, 3.8) is 0 Å². The number of likely N-dealkylation sites (tertiary alicyclic amines) is 1. The number of imidazole rings is 1. The highest BCUT2D eigenvalue weighted by atomic mass is 32.2. The van der Waals surface area contributed by atoms with Crippen LogP contribution in [0.2, 0.25) is 0 Å². The molecule has 0 radical (unpaired) electrons. The fourth-order valence-electron chi connectivity index (χ4n) is 3.53. The van der Waals surface area contributed by atoms with Crippen molar-refractivity contribution < 1.29 is 9.53 Å². The number of pyridine rings is 1. The first-order valence-electron chi connectivity index (χ1n) is 10.3. The van der Waals surface area contributed by atoms with Gasteiger partial charge >= 0.3 is 6.09 Å². The number of hydrogen-bond donors (Lipinski definition) is 1. The fourth-order valence-corrected chi connectivity index (χ4v) is 4.55. The number of carbonyl (C=O) groups excluding carboxylic acids is 1. The molecule has 1 aliphatic rings. The van der Waals surface area contributed by atoms with Crippen LogP contribution >= 0.6 is 11.8 Å². The Labute approximate surface area is 181 Å². The molecule has 7 heteroatoms. The fraction of sp³-hybridized carbons (Fsp3) is 0.348. The molecule has 1 amide bonds. The third kappa shape index (κ3) is 5.63. The summed E-state index contributed by atoms with van der Waals surface area (Å²) in [5.41, 5.74) is 3.53. The van der Waals surface area contributed by atoms with Gasteiger partial charge in [0.25, 0.3) is 0 Å². The van der Waals surface area contributed by atoms with Crippen LogP contribution in [0.4, 0.5) is 4.79 Å². The lowest BCUT2D eigenvalue weighted by Gasteiger charge is -2.30. The van der Waals surface area contributed by atoms with Crippen molar-refractivity contribution in [1.29, 1.82) is 0 Å². The molecule has 1 aromatic carbocycles. The number of aryl methyl sites for hydroxylation is 3. The zero-order chi connectivity index (χ0) is 20.8. The van der Waals surface area contributed by atoms with Gasteiger partial charge < -0.3 is 14.6 Å². The summed E-state index contributed by atoms with van der Waals surface area (Å²) < 4.78 is 5.58. The van der Waals surface area contributed by atoms with Gasteiger partial charge in [-0.15, -0.1) is 0 Å². The number of nitrogens with one attached hydrogen (secondary N) is 1. The van der Waals surface area contributed by atoms with E-state index in [0.29, 0.717) is 24.1 Å². The molecule has 0 unspecified atom stereocenters. The highest BCUT2D eigenvalue weighted by molar-refractivity contribution is 7.99. The Bertz CT molecular complexity index is 952.